The summed E-state index contributed by atoms with van der Waals surface area (Å²) in [5.74, 6) is 0.271. The number of hydrogen-bond acceptors (Lipinski definition) is 5. The molecule has 4 N–H and O–H groups in total. The molecule has 0 aliphatic heterocycles. The number of ketones is 1. The molecule has 0 unspecified atom stereocenters. The van der Waals surface area contributed by atoms with Gasteiger partial charge in [-0.25, -0.2) is 0 Å². The largest absolute Gasteiger partial charge is 0.356 e. The van der Waals surface area contributed by atoms with Gasteiger partial charge in [0.05, 0.1) is 6.04 Å². The molecule has 0 radical (unpaired) electrons. The van der Waals surface area contributed by atoms with Crippen molar-refractivity contribution in [3.63, 3.8) is 0 Å². The maximum atomic E-state index is 11.7. The van der Waals surface area contributed by atoms with Crippen molar-refractivity contribution in [2.24, 2.45) is 5.73 Å². The molecule has 1 atom stereocenters. The van der Waals surface area contributed by atoms with E-state index in [1.165, 1.54) is 0 Å². The Labute approximate surface area is 131 Å². The Hall–Kier alpha value is -1.08. The van der Waals surface area contributed by atoms with E-state index in [0.717, 1.165) is 0 Å². The topological polar surface area (TPSA) is 101 Å². The van der Waals surface area contributed by atoms with Crippen LogP contribution in [0.4, 0.5) is 0 Å². The highest BCUT2D eigenvalue weighted by molar-refractivity contribution is 7.99. The Bertz CT molecular complexity index is 348. The molecule has 0 aromatic rings. The summed E-state index contributed by atoms with van der Waals surface area (Å²) in [6.07, 6.45) is 1.03. The summed E-state index contributed by atoms with van der Waals surface area (Å²) in [6, 6.07) is -0.553. The number of hydrogen-bond donors (Lipinski definition) is 3. The van der Waals surface area contributed by atoms with Crippen molar-refractivity contribution in [3.8, 4) is 0 Å². The van der Waals surface area contributed by atoms with E-state index in [9.17, 15) is 14.4 Å². The molecule has 122 valence electrons. The summed E-state index contributed by atoms with van der Waals surface area (Å²) in [4.78, 5) is 34.2. The van der Waals surface area contributed by atoms with Crippen LogP contribution in [0, 0.1) is 0 Å². The van der Waals surface area contributed by atoms with E-state index < -0.39 is 6.04 Å². The van der Waals surface area contributed by atoms with Crippen molar-refractivity contribution in [2.45, 2.75) is 51.3 Å². The third-order valence-electron chi connectivity index (χ3n) is 2.72. The van der Waals surface area contributed by atoms with Gasteiger partial charge in [-0.1, -0.05) is 20.8 Å². The van der Waals surface area contributed by atoms with Crippen LogP contribution >= 0.6 is 11.8 Å². The second-order valence-corrected chi connectivity index (χ2v) is 6.63. The van der Waals surface area contributed by atoms with Crippen molar-refractivity contribution in [1.82, 2.24) is 10.6 Å². The molecule has 0 aromatic heterocycles. The van der Waals surface area contributed by atoms with Crippen LogP contribution in [0.25, 0.3) is 0 Å². The van der Waals surface area contributed by atoms with Gasteiger partial charge in [-0.3, -0.25) is 14.4 Å². The van der Waals surface area contributed by atoms with Crippen molar-refractivity contribution >= 4 is 29.4 Å². The minimum Gasteiger partial charge on any atom is -0.356 e. The summed E-state index contributed by atoms with van der Waals surface area (Å²) in [7, 11) is 0. The number of nitrogens with one attached hydrogen (secondary N) is 2. The lowest BCUT2D eigenvalue weighted by Crippen LogP contribution is -2.43. The molecule has 0 saturated carbocycles. The smallest absolute Gasteiger partial charge is 0.237 e. The molecule has 0 aliphatic carbocycles. The summed E-state index contributed by atoms with van der Waals surface area (Å²) >= 11 is 1.63. The zero-order chi connectivity index (χ0) is 16.3. The molecule has 0 aliphatic rings. The fraction of sp³-hybridized carbons (Fsp3) is 0.786. The van der Waals surface area contributed by atoms with Crippen LogP contribution in [-0.4, -0.2) is 47.7 Å². The molecule has 0 saturated heterocycles. The third-order valence-corrected chi connectivity index (χ3v) is 3.94. The summed E-state index contributed by atoms with van der Waals surface area (Å²) in [6.45, 7) is 6.49. The first-order chi connectivity index (χ1) is 9.86. The van der Waals surface area contributed by atoms with Gasteiger partial charge in [0.25, 0.3) is 0 Å². The second-order valence-electron chi connectivity index (χ2n) is 5.02. The Morgan fingerprint density at radius 2 is 1.71 bits per heavy atom. The number of nitrogens with two attached hydrogens (primary N) is 1. The maximum Gasteiger partial charge on any atom is 0.237 e. The van der Waals surface area contributed by atoms with Crippen LogP contribution in [0.3, 0.4) is 0 Å². The van der Waals surface area contributed by atoms with Crippen LogP contribution in [0.15, 0.2) is 0 Å². The highest BCUT2D eigenvalue weighted by Crippen LogP contribution is 2.09. The number of amides is 2. The van der Waals surface area contributed by atoms with Crippen molar-refractivity contribution in [3.05, 3.63) is 0 Å². The van der Waals surface area contributed by atoms with E-state index in [-0.39, 0.29) is 30.6 Å². The quantitative estimate of drug-likeness (QED) is 0.513. The van der Waals surface area contributed by atoms with Crippen LogP contribution in [0.1, 0.15) is 40.0 Å². The molecule has 0 fully saturated rings. The molecule has 0 heterocycles. The minimum absolute atomic E-state index is 0.122. The summed E-state index contributed by atoms with van der Waals surface area (Å²) in [5.41, 5.74) is 5.74. The average molecular weight is 317 g/mol. The Morgan fingerprint density at radius 1 is 1.10 bits per heavy atom. The molecule has 2 amide bonds. The fourth-order valence-electron chi connectivity index (χ4n) is 1.41. The van der Waals surface area contributed by atoms with E-state index in [1.807, 2.05) is 13.8 Å². The van der Waals surface area contributed by atoms with Crippen LogP contribution in [-0.2, 0) is 14.4 Å². The summed E-state index contributed by atoms with van der Waals surface area (Å²) in [5, 5.41) is 5.72. The van der Waals surface area contributed by atoms with Crippen molar-refractivity contribution in [1.29, 1.82) is 0 Å². The number of rotatable bonds is 11. The SMILES string of the molecule is CCC(=O)CCNC(=O)CCNC(=O)[C@@H](N)CSC(C)C. The van der Waals surface area contributed by atoms with Crippen molar-refractivity contribution in [2.75, 3.05) is 18.8 Å². The van der Waals surface area contributed by atoms with Gasteiger partial charge in [0.15, 0.2) is 0 Å². The standard InChI is InChI=1S/C14H27N3O3S/c1-4-11(18)5-7-16-13(19)6-8-17-14(20)12(15)9-21-10(2)3/h10,12H,4-9,15H2,1-3H3,(H,16,19)(H,17,20)/t12-/m0/s1. The molecule has 0 bridgehead atoms. The first kappa shape index (κ1) is 19.9. The van der Waals surface area contributed by atoms with E-state index in [2.05, 4.69) is 10.6 Å². The van der Waals surface area contributed by atoms with Gasteiger partial charge >= 0.3 is 0 Å². The highest BCUT2D eigenvalue weighted by atomic mass is 32.2. The number of Topliss-reactive ketones (excluding diaryl/α,β-unsaturated/α-hetero) is 1. The lowest BCUT2D eigenvalue weighted by molar-refractivity contribution is -0.122. The first-order valence-electron chi connectivity index (χ1n) is 7.30. The van der Waals surface area contributed by atoms with Crippen LogP contribution in [0.2, 0.25) is 0 Å². The van der Waals surface area contributed by atoms with E-state index in [1.54, 1.807) is 18.7 Å². The normalized spacial score (nSPS) is 12.0. The second kappa shape index (κ2) is 11.6. The molecule has 6 nitrogen and oxygen atoms in total. The lowest BCUT2D eigenvalue weighted by Gasteiger charge is -2.13. The van der Waals surface area contributed by atoms with Crippen molar-refractivity contribution < 1.29 is 14.4 Å². The molecular weight excluding hydrogens is 290 g/mol. The van der Waals surface area contributed by atoms with Gasteiger partial charge in [0.2, 0.25) is 11.8 Å². The van der Waals surface area contributed by atoms with E-state index >= 15 is 0 Å². The Balaban J connectivity index is 3.70. The molecule has 0 aromatic carbocycles. The summed E-state index contributed by atoms with van der Waals surface area (Å²) < 4.78 is 0. The van der Waals surface area contributed by atoms with Gasteiger partial charge in [-0.05, 0) is 5.25 Å². The van der Waals surface area contributed by atoms with E-state index in [0.29, 0.717) is 30.4 Å². The average Bonchev–Trinajstić information content (AvgIpc) is 2.44. The Morgan fingerprint density at radius 3 is 2.29 bits per heavy atom. The number of carbonyl (C=O) groups is 3. The zero-order valence-electron chi connectivity index (χ0n) is 13.1. The Kier molecular flexibility index (Phi) is 11.0. The van der Waals surface area contributed by atoms with Gasteiger partial charge in [0.1, 0.15) is 5.78 Å². The number of carbonyl (C=O) groups excluding carboxylic acids is 3. The molecular formula is C14H27N3O3S. The molecule has 21 heavy (non-hydrogen) atoms. The van der Waals surface area contributed by atoms with Gasteiger partial charge < -0.3 is 16.4 Å². The molecule has 0 rings (SSSR count). The predicted octanol–water partition coefficient (Wildman–Crippen LogP) is 0.447. The first-order valence-corrected chi connectivity index (χ1v) is 8.35. The lowest BCUT2D eigenvalue weighted by atomic mass is 10.2. The zero-order valence-corrected chi connectivity index (χ0v) is 13.9. The number of thioether (sulfide) groups is 1. The monoisotopic (exact) mass is 317 g/mol. The minimum atomic E-state index is -0.553. The fourth-order valence-corrected chi connectivity index (χ4v) is 2.15. The third kappa shape index (κ3) is 11.3. The maximum absolute atomic E-state index is 11.7. The van der Waals surface area contributed by atoms with Gasteiger partial charge in [0, 0.05) is 38.1 Å². The molecule has 0 spiro atoms. The predicted molar refractivity (Wildman–Crippen MR) is 86.1 cm³/mol. The van der Waals surface area contributed by atoms with Crippen LogP contribution in [0.5, 0.6) is 0 Å². The molecule has 7 heteroatoms. The van der Waals surface area contributed by atoms with Crippen LogP contribution < -0.4 is 16.4 Å². The highest BCUT2D eigenvalue weighted by Gasteiger charge is 2.14. The van der Waals surface area contributed by atoms with Gasteiger partial charge in [-0.2, -0.15) is 11.8 Å². The van der Waals surface area contributed by atoms with E-state index in [4.69, 9.17) is 5.73 Å². The van der Waals surface area contributed by atoms with Gasteiger partial charge in [-0.15, -0.1) is 0 Å².